The summed E-state index contributed by atoms with van der Waals surface area (Å²) in [5, 5.41) is 9.03. The standard InChI is InChI=1S/C17H18F3N5O4S/c1-3-6-30(27,28)25-17(20)5-4-11(18)12(13(17)19)15(26)22-9-7-10-14(21-8-9)23-24-16(10)29-2/h4-5,7-8,13,25H,3,6H2,1-2H3,(H,22,26)(H,21,23,24). The van der Waals surface area contributed by atoms with E-state index in [0.29, 0.717) is 23.2 Å². The summed E-state index contributed by atoms with van der Waals surface area (Å²) in [7, 11) is -2.84. The van der Waals surface area contributed by atoms with Crippen LogP contribution < -0.4 is 14.8 Å². The number of sulfonamides is 1. The van der Waals surface area contributed by atoms with Crippen LogP contribution in [-0.4, -0.2) is 54.3 Å². The zero-order valence-corrected chi connectivity index (χ0v) is 16.7. The van der Waals surface area contributed by atoms with Gasteiger partial charge < -0.3 is 10.1 Å². The van der Waals surface area contributed by atoms with Gasteiger partial charge in [-0.15, -0.1) is 5.10 Å². The highest BCUT2D eigenvalue weighted by Crippen LogP contribution is 2.34. The van der Waals surface area contributed by atoms with Gasteiger partial charge in [0.25, 0.3) is 5.91 Å². The number of H-pyrrole nitrogens is 1. The number of nitrogens with one attached hydrogen (secondary N) is 3. The predicted molar refractivity (Wildman–Crippen MR) is 102 cm³/mol. The fourth-order valence-electron chi connectivity index (χ4n) is 2.87. The van der Waals surface area contributed by atoms with Gasteiger partial charge in [0.15, 0.2) is 11.8 Å². The molecule has 2 unspecified atom stereocenters. The molecule has 0 fully saturated rings. The summed E-state index contributed by atoms with van der Waals surface area (Å²) in [6.07, 6.45) is -0.693. The Hall–Kier alpha value is -2.93. The number of halogens is 3. The monoisotopic (exact) mass is 445 g/mol. The highest BCUT2D eigenvalue weighted by atomic mass is 32.2. The molecule has 30 heavy (non-hydrogen) atoms. The second-order valence-corrected chi connectivity index (χ2v) is 8.30. The van der Waals surface area contributed by atoms with E-state index in [1.54, 1.807) is 4.72 Å². The van der Waals surface area contributed by atoms with Crippen LogP contribution in [0.4, 0.5) is 18.9 Å². The van der Waals surface area contributed by atoms with E-state index in [4.69, 9.17) is 4.74 Å². The summed E-state index contributed by atoms with van der Waals surface area (Å²) in [4.78, 5) is 16.5. The van der Waals surface area contributed by atoms with Gasteiger partial charge in [0, 0.05) is 0 Å². The van der Waals surface area contributed by atoms with Crippen molar-refractivity contribution in [1.29, 1.82) is 0 Å². The fraction of sp³-hybridized carbons (Fsp3) is 0.353. The number of ether oxygens (including phenoxy) is 1. The number of nitrogens with zero attached hydrogens (tertiary/aromatic N) is 2. The van der Waals surface area contributed by atoms with E-state index in [1.807, 2.05) is 0 Å². The Labute approximate surface area is 169 Å². The lowest BCUT2D eigenvalue weighted by Gasteiger charge is -2.30. The molecule has 0 bridgehead atoms. The molecular formula is C17H18F3N5O4S. The first-order valence-electron chi connectivity index (χ1n) is 8.73. The van der Waals surface area contributed by atoms with E-state index in [0.717, 1.165) is 0 Å². The molecule has 0 radical (unpaired) electrons. The number of pyridine rings is 1. The van der Waals surface area contributed by atoms with Crippen molar-refractivity contribution in [1.82, 2.24) is 19.9 Å². The van der Waals surface area contributed by atoms with Crippen molar-refractivity contribution >= 4 is 32.7 Å². The third kappa shape index (κ3) is 4.16. The van der Waals surface area contributed by atoms with Crippen LogP contribution in [0.2, 0.25) is 0 Å². The summed E-state index contributed by atoms with van der Waals surface area (Å²) in [6.45, 7) is 1.53. The molecule has 0 aromatic carbocycles. The van der Waals surface area contributed by atoms with Crippen LogP contribution >= 0.6 is 0 Å². The van der Waals surface area contributed by atoms with E-state index >= 15 is 0 Å². The summed E-state index contributed by atoms with van der Waals surface area (Å²) >= 11 is 0. The van der Waals surface area contributed by atoms with E-state index in [1.165, 1.54) is 26.3 Å². The van der Waals surface area contributed by atoms with Crippen LogP contribution in [0.25, 0.3) is 11.0 Å². The van der Waals surface area contributed by atoms with Gasteiger partial charge in [0.05, 0.1) is 35.7 Å². The molecular weight excluding hydrogens is 427 g/mol. The second-order valence-electron chi connectivity index (χ2n) is 6.45. The van der Waals surface area contributed by atoms with E-state index < -0.39 is 45.0 Å². The molecule has 162 valence electrons. The van der Waals surface area contributed by atoms with Gasteiger partial charge in [-0.1, -0.05) is 6.92 Å². The van der Waals surface area contributed by atoms with Crippen LogP contribution in [-0.2, 0) is 14.8 Å². The third-order valence-electron chi connectivity index (χ3n) is 4.21. The zero-order valence-electron chi connectivity index (χ0n) is 15.9. The number of hydrogen-bond acceptors (Lipinski definition) is 6. The molecule has 2 aromatic rings. The molecule has 0 saturated heterocycles. The first-order chi connectivity index (χ1) is 14.1. The quantitative estimate of drug-likeness (QED) is 0.560. The van der Waals surface area contributed by atoms with Gasteiger partial charge in [-0.2, -0.15) is 4.72 Å². The largest absolute Gasteiger partial charge is 0.479 e. The SMILES string of the molecule is CCCS(=O)(=O)NC1(F)C=CC(F)=C(C(=O)Nc2cnc3[nH]nc(OC)c3c2)C1F. The summed E-state index contributed by atoms with van der Waals surface area (Å²) < 4.78 is 74.3. The van der Waals surface area contributed by atoms with Crippen molar-refractivity contribution in [3.8, 4) is 5.88 Å². The lowest BCUT2D eigenvalue weighted by atomic mass is 9.95. The summed E-state index contributed by atoms with van der Waals surface area (Å²) in [5.74, 6) is -6.24. The molecule has 2 atom stereocenters. The van der Waals surface area contributed by atoms with Crippen molar-refractivity contribution in [2.75, 3.05) is 18.2 Å². The number of fused-ring (bicyclic) bond motifs is 1. The van der Waals surface area contributed by atoms with Gasteiger partial charge in [-0.25, -0.2) is 26.6 Å². The lowest BCUT2D eigenvalue weighted by Crippen LogP contribution is -2.53. The third-order valence-corrected chi connectivity index (χ3v) is 5.78. The Morgan fingerprint density at radius 1 is 1.43 bits per heavy atom. The minimum atomic E-state index is -4.20. The number of carbonyl (C=O) groups excluding carboxylic acids is 1. The van der Waals surface area contributed by atoms with Gasteiger partial charge >= 0.3 is 0 Å². The number of amides is 1. The van der Waals surface area contributed by atoms with Crippen LogP contribution in [0, 0.1) is 0 Å². The topological polar surface area (TPSA) is 126 Å². The molecule has 1 aliphatic rings. The number of rotatable bonds is 7. The molecule has 3 rings (SSSR count). The van der Waals surface area contributed by atoms with E-state index in [9.17, 15) is 26.4 Å². The molecule has 9 nitrogen and oxygen atoms in total. The second kappa shape index (κ2) is 8.07. The number of aromatic nitrogens is 3. The minimum absolute atomic E-state index is 0.0327. The van der Waals surface area contributed by atoms with Crippen molar-refractivity contribution in [3.63, 3.8) is 0 Å². The average molecular weight is 445 g/mol. The van der Waals surface area contributed by atoms with Crippen LogP contribution in [0.5, 0.6) is 5.88 Å². The Kier molecular flexibility index (Phi) is 5.85. The smallest absolute Gasteiger partial charge is 0.257 e. The average Bonchev–Trinajstić information content (AvgIpc) is 3.07. The fourth-order valence-corrected chi connectivity index (χ4v) is 4.16. The molecule has 0 saturated carbocycles. The molecule has 2 heterocycles. The zero-order chi connectivity index (χ0) is 22.1. The maximum atomic E-state index is 15.0. The van der Waals surface area contributed by atoms with Gasteiger partial charge in [0.1, 0.15) is 5.83 Å². The lowest BCUT2D eigenvalue weighted by molar-refractivity contribution is -0.114. The number of methoxy groups -OCH3 is 1. The van der Waals surface area contributed by atoms with Gasteiger partial charge in [0.2, 0.25) is 21.7 Å². The van der Waals surface area contributed by atoms with Crippen molar-refractivity contribution in [2.45, 2.75) is 25.3 Å². The number of hydrogen-bond donors (Lipinski definition) is 3. The molecule has 3 N–H and O–H groups in total. The van der Waals surface area contributed by atoms with Gasteiger partial charge in [-0.3, -0.25) is 9.89 Å². The highest BCUT2D eigenvalue weighted by molar-refractivity contribution is 7.89. The van der Waals surface area contributed by atoms with Gasteiger partial charge in [-0.05, 0) is 24.6 Å². The van der Waals surface area contributed by atoms with Crippen LogP contribution in [0.15, 0.2) is 35.8 Å². The minimum Gasteiger partial charge on any atom is -0.479 e. The molecule has 13 heteroatoms. The number of alkyl halides is 2. The summed E-state index contributed by atoms with van der Waals surface area (Å²) in [5.41, 5.74) is -0.823. The molecule has 1 aliphatic carbocycles. The van der Waals surface area contributed by atoms with Crippen LogP contribution in [0.1, 0.15) is 13.3 Å². The molecule has 0 spiro atoms. The van der Waals surface area contributed by atoms with Crippen LogP contribution in [0.3, 0.4) is 0 Å². The number of anilines is 1. The molecule has 2 aromatic heterocycles. The Morgan fingerprint density at radius 3 is 2.83 bits per heavy atom. The first kappa shape index (κ1) is 21.8. The molecule has 1 amide bonds. The predicted octanol–water partition coefficient (Wildman–Crippen LogP) is 2.03. The Bertz CT molecular complexity index is 1150. The maximum absolute atomic E-state index is 15.0. The van der Waals surface area contributed by atoms with Crippen molar-refractivity contribution in [2.24, 2.45) is 0 Å². The van der Waals surface area contributed by atoms with Crippen molar-refractivity contribution in [3.05, 3.63) is 35.8 Å². The first-order valence-corrected chi connectivity index (χ1v) is 10.4. The summed E-state index contributed by atoms with van der Waals surface area (Å²) in [6, 6.07) is 1.39. The number of allylic oxidation sites excluding steroid dienone is 2. The molecule has 0 aliphatic heterocycles. The number of carbonyl (C=O) groups is 1. The number of aromatic amines is 1. The Balaban J connectivity index is 1.87. The van der Waals surface area contributed by atoms with E-state index in [2.05, 4.69) is 20.5 Å². The highest BCUT2D eigenvalue weighted by Gasteiger charge is 2.48. The normalized spacial score (nSPS) is 21.8. The van der Waals surface area contributed by atoms with E-state index in [-0.39, 0.29) is 18.0 Å². The Morgan fingerprint density at radius 2 is 2.17 bits per heavy atom. The maximum Gasteiger partial charge on any atom is 0.257 e. The van der Waals surface area contributed by atoms with Crippen molar-refractivity contribution < 1.29 is 31.1 Å².